The normalized spacial score (nSPS) is 12.7. The van der Waals surface area contributed by atoms with Crippen molar-refractivity contribution in [3.05, 3.63) is 42.5 Å². The molecule has 0 amide bonds. The van der Waals surface area contributed by atoms with E-state index in [0.717, 1.165) is 17.1 Å². The first-order chi connectivity index (χ1) is 9.11. The van der Waals surface area contributed by atoms with Gasteiger partial charge in [0.2, 0.25) is 0 Å². The predicted octanol–water partition coefficient (Wildman–Crippen LogP) is 1.65. The molecule has 0 saturated heterocycles. The van der Waals surface area contributed by atoms with E-state index >= 15 is 0 Å². The summed E-state index contributed by atoms with van der Waals surface area (Å²) >= 11 is 0. The third kappa shape index (κ3) is 3.13. The lowest BCUT2D eigenvalue weighted by Gasteiger charge is -2.14. The van der Waals surface area contributed by atoms with Crippen molar-refractivity contribution in [2.75, 3.05) is 6.61 Å². The summed E-state index contributed by atoms with van der Waals surface area (Å²) in [6.45, 7) is 3.87. The minimum absolute atomic E-state index is 0.111. The van der Waals surface area contributed by atoms with Crippen LogP contribution in [0, 0.1) is 0 Å². The number of imidazole rings is 1. The number of rotatable bonds is 5. The molecule has 1 heterocycles. The fraction of sp³-hybridized carbons (Fsp3) is 0.357. The number of nitrogens with two attached hydrogens (primary N) is 1. The van der Waals surface area contributed by atoms with Crippen molar-refractivity contribution in [1.82, 2.24) is 9.55 Å². The summed E-state index contributed by atoms with van der Waals surface area (Å²) in [6, 6.07) is 7.25. The summed E-state index contributed by atoms with van der Waals surface area (Å²) in [5, 5.41) is 9.14. The summed E-state index contributed by atoms with van der Waals surface area (Å²) in [7, 11) is 0. The summed E-state index contributed by atoms with van der Waals surface area (Å²) < 4.78 is 7.46. The van der Waals surface area contributed by atoms with Crippen molar-refractivity contribution >= 4 is 0 Å². The highest BCUT2D eigenvalue weighted by molar-refractivity contribution is 5.39. The molecule has 19 heavy (non-hydrogen) atoms. The smallest absolute Gasteiger partial charge is 0.119 e. The van der Waals surface area contributed by atoms with Crippen LogP contribution in [-0.4, -0.2) is 27.4 Å². The van der Waals surface area contributed by atoms with Crippen molar-refractivity contribution in [3.63, 3.8) is 0 Å². The summed E-state index contributed by atoms with van der Waals surface area (Å²) in [5.74, 6) is 0.826. The molecule has 1 atom stereocenters. The molecule has 5 heteroatoms. The van der Waals surface area contributed by atoms with Crippen LogP contribution in [-0.2, 0) is 0 Å². The number of aromatic nitrogens is 2. The number of benzene rings is 1. The zero-order chi connectivity index (χ0) is 13.8. The quantitative estimate of drug-likeness (QED) is 0.858. The number of nitrogens with zero attached hydrogens (tertiary/aromatic N) is 2. The molecule has 0 aliphatic rings. The molecule has 2 aromatic rings. The van der Waals surface area contributed by atoms with Crippen LogP contribution in [0.1, 0.15) is 25.6 Å². The van der Waals surface area contributed by atoms with E-state index in [2.05, 4.69) is 4.98 Å². The third-order valence-corrected chi connectivity index (χ3v) is 2.73. The molecule has 0 aliphatic carbocycles. The van der Waals surface area contributed by atoms with Crippen LogP contribution < -0.4 is 10.5 Å². The zero-order valence-electron chi connectivity index (χ0n) is 11.2. The van der Waals surface area contributed by atoms with Crippen LogP contribution in [0.5, 0.6) is 5.75 Å². The Bertz CT molecular complexity index is 520. The van der Waals surface area contributed by atoms with Crippen LogP contribution in [0.4, 0.5) is 0 Å². The molecule has 1 unspecified atom stereocenters. The molecular formula is C14H19N3O2. The second-order valence-corrected chi connectivity index (χ2v) is 4.64. The summed E-state index contributed by atoms with van der Waals surface area (Å²) in [6.07, 6.45) is 3.50. The van der Waals surface area contributed by atoms with Crippen molar-refractivity contribution in [1.29, 1.82) is 0 Å². The first-order valence-electron chi connectivity index (χ1n) is 6.27. The molecule has 3 N–H and O–H groups in total. The van der Waals surface area contributed by atoms with Gasteiger partial charge < -0.3 is 20.1 Å². The molecule has 0 saturated carbocycles. The van der Waals surface area contributed by atoms with E-state index in [9.17, 15) is 0 Å². The van der Waals surface area contributed by atoms with Gasteiger partial charge in [-0.1, -0.05) is 0 Å². The molecule has 2 rings (SSSR count). The number of ether oxygens (including phenoxy) is 1. The van der Waals surface area contributed by atoms with Gasteiger partial charge in [0.15, 0.2) is 0 Å². The van der Waals surface area contributed by atoms with Crippen molar-refractivity contribution in [2.24, 2.45) is 5.73 Å². The van der Waals surface area contributed by atoms with Gasteiger partial charge in [-0.3, -0.25) is 0 Å². The lowest BCUT2D eigenvalue weighted by molar-refractivity contribution is 0.242. The van der Waals surface area contributed by atoms with Crippen LogP contribution in [0.25, 0.3) is 5.69 Å². The average Bonchev–Trinajstić information content (AvgIpc) is 2.87. The lowest BCUT2D eigenvalue weighted by atomic mass is 10.2. The average molecular weight is 261 g/mol. The molecule has 1 aromatic carbocycles. The SMILES string of the molecule is CC(C)Oc1ccc(-n2cncc2C(N)CO)cc1. The fourth-order valence-corrected chi connectivity index (χ4v) is 1.85. The van der Waals surface area contributed by atoms with E-state index in [1.165, 1.54) is 0 Å². The maximum atomic E-state index is 9.14. The number of hydrogen-bond donors (Lipinski definition) is 2. The molecule has 0 bridgehead atoms. The van der Waals surface area contributed by atoms with Gasteiger partial charge in [-0.25, -0.2) is 4.98 Å². The lowest BCUT2D eigenvalue weighted by Crippen LogP contribution is -2.18. The third-order valence-electron chi connectivity index (χ3n) is 2.73. The Morgan fingerprint density at radius 1 is 1.32 bits per heavy atom. The fourth-order valence-electron chi connectivity index (χ4n) is 1.85. The van der Waals surface area contributed by atoms with Gasteiger partial charge in [-0.15, -0.1) is 0 Å². The van der Waals surface area contributed by atoms with E-state index in [4.69, 9.17) is 15.6 Å². The van der Waals surface area contributed by atoms with Gasteiger partial charge in [0.05, 0.1) is 37.0 Å². The molecular weight excluding hydrogens is 242 g/mol. The van der Waals surface area contributed by atoms with Crippen LogP contribution in [0.15, 0.2) is 36.8 Å². The molecule has 1 aromatic heterocycles. The van der Waals surface area contributed by atoms with E-state index in [1.807, 2.05) is 42.7 Å². The maximum Gasteiger partial charge on any atom is 0.119 e. The topological polar surface area (TPSA) is 73.3 Å². The Morgan fingerprint density at radius 2 is 2.00 bits per heavy atom. The van der Waals surface area contributed by atoms with E-state index in [0.29, 0.717) is 0 Å². The Balaban J connectivity index is 2.25. The molecule has 0 aliphatic heterocycles. The Hall–Kier alpha value is -1.85. The maximum absolute atomic E-state index is 9.14. The first-order valence-corrected chi connectivity index (χ1v) is 6.27. The van der Waals surface area contributed by atoms with Crippen molar-refractivity contribution in [3.8, 4) is 11.4 Å². The molecule has 5 nitrogen and oxygen atoms in total. The second kappa shape index (κ2) is 5.86. The van der Waals surface area contributed by atoms with E-state index in [1.54, 1.807) is 12.5 Å². The molecule has 102 valence electrons. The highest BCUT2D eigenvalue weighted by atomic mass is 16.5. The van der Waals surface area contributed by atoms with Crippen LogP contribution >= 0.6 is 0 Å². The standard InChI is InChI=1S/C14H19N3O2/c1-10(2)19-12-5-3-11(4-6-12)17-9-16-7-14(17)13(15)8-18/h3-7,9-10,13,18H,8,15H2,1-2H3. The van der Waals surface area contributed by atoms with Gasteiger partial charge in [0, 0.05) is 5.69 Å². The Labute approximate surface area is 112 Å². The molecule has 0 fully saturated rings. The highest BCUT2D eigenvalue weighted by Gasteiger charge is 2.11. The predicted molar refractivity (Wildman–Crippen MR) is 73.3 cm³/mol. The van der Waals surface area contributed by atoms with Crippen LogP contribution in [0.3, 0.4) is 0 Å². The van der Waals surface area contributed by atoms with Crippen molar-refractivity contribution in [2.45, 2.75) is 26.0 Å². The van der Waals surface area contributed by atoms with Crippen molar-refractivity contribution < 1.29 is 9.84 Å². The van der Waals surface area contributed by atoms with Gasteiger partial charge in [-0.05, 0) is 38.1 Å². The number of aliphatic hydroxyl groups excluding tert-OH is 1. The number of hydrogen-bond acceptors (Lipinski definition) is 4. The minimum Gasteiger partial charge on any atom is -0.491 e. The van der Waals surface area contributed by atoms with Gasteiger partial charge >= 0.3 is 0 Å². The summed E-state index contributed by atoms with van der Waals surface area (Å²) in [4.78, 5) is 4.08. The monoisotopic (exact) mass is 261 g/mol. The van der Waals surface area contributed by atoms with E-state index < -0.39 is 6.04 Å². The first kappa shape index (κ1) is 13.6. The Kier molecular flexibility index (Phi) is 4.19. The van der Waals surface area contributed by atoms with Gasteiger partial charge in [0.25, 0.3) is 0 Å². The van der Waals surface area contributed by atoms with Gasteiger partial charge in [-0.2, -0.15) is 0 Å². The summed E-state index contributed by atoms with van der Waals surface area (Å²) in [5.41, 5.74) is 7.55. The van der Waals surface area contributed by atoms with Crippen LogP contribution in [0.2, 0.25) is 0 Å². The highest BCUT2D eigenvalue weighted by Crippen LogP contribution is 2.20. The number of aliphatic hydroxyl groups is 1. The minimum atomic E-state index is -0.436. The Morgan fingerprint density at radius 3 is 2.58 bits per heavy atom. The van der Waals surface area contributed by atoms with E-state index in [-0.39, 0.29) is 12.7 Å². The second-order valence-electron chi connectivity index (χ2n) is 4.64. The molecule has 0 spiro atoms. The van der Waals surface area contributed by atoms with Gasteiger partial charge in [0.1, 0.15) is 5.75 Å². The largest absolute Gasteiger partial charge is 0.491 e. The zero-order valence-corrected chi connectivity index (χ0v) is 11.2. The molecule has 0 radical (unpaired) electrons.